The van der Waals surface area contributed by atoms with Crippen LogP contribution < -0.4 is 5.32 Å². The van der Waals surface area contributed by atoms with Crippen LogP contribution in [0.5, 0.6) is 0 Å². The lowest BCUT2D eigenvalue weighted by Crippen LogP contribution is -2.25. The van der Waals surface area contributed by atoms with Crippen molar-refractivity contribution >= 4 is 5.91 Å². The Balaban J connectivity index is 1.89. The third kappa shape index (κ3) is 4.19. The van der Waals surface area contributed by atoms with E-state index in [1.54, 1.807) is 11.0 Å². The molecule has 2 aromatic rings. The molecule has 1 aromatic carbocycles. The van der Waals surface area contributed by atoms with Crippen molar-refractivity contribution in [2.24, 2.45) is 5.92 Å². The first-order valence-corrected chi connectivity index (χ1v) is 6.84. The lowest BCUT2D eigenvalue weighted by molar-refractivity contribution is 0.0952. The molecule has 106 valence electrons. The minimum absolute atomic E-state index is 0.0158. The first-order chi connectivity index (χ1) is 9.65. The predicted molar refractivity (Wildman–Crippen MR) is 77.4 cm³/mol. The standard InChI is InChI=1S/C15H20N4O/c1-12(2)7-8-17-15(20)14-5-3-13(4-6-14)9-19-11-16-10-18-19/h3-6,10-12H,7-9H2,1-2H3,(H,17,20). The summed E-state index contributed by atoms with van der Waals surface area (Å²) < 4.78 is 1.75. The van der Waals surface area contributed by atoms with Crippen molar-refractivity contribution < 1.29 is 4.79 Å². The Labute approximate surface area is 119 Å². The topological polar surface area (TPSA) is 59.8 Å². The first-order valence-electron chi connectivity index (χ1n) is 6.84. The molecule has 1 N–H and O–H groups in total. The summed E-state index contributed by atoms with van der Waals surface area (Å²) in [5.41, 5.74) is 1.78. The van der Waals surface area contributed by atoms with E-state index in [9.17, 15) is 4.79 Å². The van der Waals surface area contributed by atoms with Crippen LogP contribution in [0.25, 0.3) is 0 Å². The van der Waals surface area contributed by atoms with Crippen molar-refractivity contribution in [2.75, 3.05) is 6.54 Å². The monoisotopic (exact) mass is 272 g/mol. The zero-order chi connectivity index (χ0) is 14.4. The van der Waals surface area contributed by atoms with Gasteiger partial charge in [0.2, 0.25) is 0 Å². The zero-order valence-corrected chi connectivity index (χ0v) is 11.9. The zero-order valence-electron chi connectivity index (χ0n) is 11.9. The summed E-state index contributed by atoms with van der Waals surface area (Å²) in [5.74, 6) is 0.582. The Morgan fingerprint density at radius 2 is 2.05 bits per heavy atom. The highest BCUT2D eigenvalue weighted by molar-refractivity contribution is 5.94. The van der Waals surface area contributed by atoms with E-state index in [0.717, 1.165) is 18.5 Å². The molecule has 5 heteroatoms. The molecule has 0 aliphatic heterocycles. The molecule has 2 rings (SSSR count). The highest BCUT2D eigenvalue weighted by Crippen LogP contribution is 2.06. The van der Waals surface area contributed by atoms with Gasteiger partial charge in [0.1, 0.15) is 12.7 Å². The van der Waals surface area contributed by atoms with E-state index < -0.39 is 0 Å². The maximum absolute atomic E-state index is 11.9. The van der Waals surface area contributed by atoms with Crippen LogP contribution >= 0.6 is 0 Å². The third-order valence-electron chi connectivity index (χ3n) is 3.03. The van der Waals surface area contributed by atoms with Gasteiger partial charge in [-0.25, -0.2) is 9.67 Å². The second kappa shape index (κ2) is 6.84. The third-order valence-corrected chi connectivity index (χ3v) is 3.03. The van der Waals surface area contributed by atoms with E-state index in [0.29, 0.717) is 18.0 Å². The molecule has 0 saturated heterocycles. The Morgan fingerprint density at radius 1 is 1.30 bits per heavy atom. The molecule has 0 radical (unpaired) electrons. The Kier molecular flexibility index (Phi) is 4.87. The summed E-state index contributed by atoms with van der Waals surface area (Å²) in [7, 11) is 0. The van der Waals surface area contributed by atoms with Crippen molar-refractivity contribution in [1.29, 1.82) is 0 Å². The van der Waals surface area contributed by atoms with Crippen molar-refractivity contribution in [3.63, 3.8) is 0 Å². The first kappa shape index (κ1) is 14.2. The summed E-state index contributed by atoms with van der Waals surface area (Å²) in [6, 6.07) is 7.58. The summed E-state index contributed by atoms with van der Waals surface area (Å²) >= 11 is 0. The van der Waals surface area contributed by atoms with Gasteiger partial charge in [-0.15, -0.1) is 0 Å². The minimum Gasteiger partial charge on any atom is -0.352 e. The van der Waals surface area contributed by atoms with Gasteiger partial charge in [0.15, 0.2) is 0 Å². The van der Waals surface area contributed by atoms with Gasteiger partial charge in [-0.05, 0) is 30.0 Å². The molecule has 0 spiro atoms. The molecule has 5 nitrogen and oxygen atoms in total. The summed E-state index contributed by atoms with van der Waals surface area (Å²) in [6.45, 7) is 5.67. The van der Waals surface area contributed by atoms with Crippen LogP contribution in [0.3, 0.4) is 0 Å². The van der Waals surface area contributed by atoms with E-state index in [4.69, 9.17) is 0 Å². The lowest BCUT2D eigenvalue weighted by atomic mass is 10.1. The number of rotatable bonds is 6. The quantitative estimate of drug-likeness (QED) is 0.876. The highest BCUT2D eigenvalue weighted by atomic mass is 16.1. The molecule has 0 atom stereocenters. The number of benzene rings is 1. The maximum atomic E-state index is 11.9. The smallest absolute Gasteiger partial charge is 0.251 e. The van der Waals surface area contributed by atoms with Crippen LogP contribution in [0.4, 0.5) is 0 Å². The van der Waals surface area contributed by atoms with Gasteiger partial charge in [-0.2, -0.15) is 5.10 Å². The SMILES string of the molecule is CC(C)CCNC(=O)c1ccc(Cn2cncn2)cc1. The van der Waals surface area contributed by atoms with E-state index in [1.807, 2.05) is 24.3 Å². The molecule has 1 heterocycles. The molecule has 0 aliphatic carbocycles. The van der Waals surface area contributed by atoms with E-state index in [2.05, 4.69) is 29.2 Å². The average molecular weight is 272 g/mol. The normalized spacial score (nSPS) is 10.8. The van der Waals surface area contributed by atoms with Gasteiger partial charge >= 0.3 is 0 Å². The van der Waals surface area contributed by atoms with Crippen LogP contribution in [0, 0.1) is 5.92 Å². The number of hydrogen-bond donors (Lipinski definition) is 1. The fourth-order valence-corrected chi connectivity index (χ4v) is 1.84. The maximum Gasteiger partial charge on any atom is 0.251 e. The average Bonchev–Trinajstić information content (AvgIpc) is 2.92. The Morgan fingerprint density at radius 3 is 2.65 bits per heavy atom. The van der Waals surface area contributed by atoms with Gasteiger partial charge in [-0.3, -0.25) is 4.79 Å². The summed E-state index contributed by atoms with van der Waals surface area (Å²) in [6.07, 6.45) is 4.18. The van der Waals surface area contributed by atoms with Gasteiger partial charge in [-0.1, -0.05) is 26.0 Å². The largest absolute Gasteiger partial charge is 0.352 e. The van der Waals surface area contributed by atoms with Crippen molar-refractivity contribution in [3.05, 3.63) is 48.0 Å². The molecule has 0 bridgehead atoms. The lowest BCUT2D eigenvalue weighted by Gasteiger charge is -2.08. The van der Waals surface area contributed by atoms with Crippen LogP contribution in [-0.4, -0.2) is 27.2 Å². The number of hydrogen-bond acceptors (Lipinski definition) is 3. The summed E-state index contributed by atoms with van der Waals surface area (Å²) in [5, 5.41) is 6.98. The fourth-order valence-electron chi connectivity index (χ4n) is 1.84. The van der Waals surface area contributed by atoms with Crippen molar-refractivity contribution in [1.82, 2.24) is 20.1 Å². The number of carbonyl (C=O) groups is 1. The van der Waals surface area contributed by atoms with E-state index in [-0.39, 0.29) is 5.91 Å². The molecular weight excluding hydrogens is 252 g/mol. The fraction of sp³-hybridized carbons (Fsp3) is 0.400. The molecular formula is C15H20N4O. The highest BCUT2D eigenvalue weighted by Gasteiger charge is 2.05. The van der Waals surface area contributed by atoms with Crippen molar-refractivity contribution in [2.45, 2.75) is 26.8 Å². The number of nitrogens with zero attached hydrogens (tertiary/aromatic N) is 3. The van der Waals surface area contributed by atoms with Crippen molar-refractivity contribution in [3.8, 4) is 0 Å². The summed E-state index contributed by atoms with van der Waals surface area (Å²) in [4.78, 5) is 15.8. The number of nitrogens with one attached hydrogen (secondary N) is 1. The van der Waals surface area contributed by atoms with Crippen LogP contribution in [-0.2, 0) is 6.54 Å². The molecule has 0 fully saturated rings. The van der Waals surface area contributed by atoms with Crippen LogP contribution in [0.2, 0.25) is 0 Å². The van der Waals surface area contributed by atoms with Crippen LogP contribution in [0.15, 0.2) is 36.9 Å². The predicted octanol–water partition coefficient (Wildman–Crippen LogP) is 2.10. The van der Waals surface area contributed by atoms with Gasteiger partial charge in [0.05, 0.1) is 6.54 Å². The number of amides is 1. The van der Waals surface area contributed by atoms with Gasteiger partial charge in [0, 0.05) is 12.1 Å². The molecule has 0 saturated carbocycles. The molecule has 1 aromatic heterocycles. The second-order valence-corrected chi connectivity index (χ2v) is 5.23. The molecule has 20 heavy (non-hydrogen) atoms. The number of carbonyl (C=O) groups excluding carboxylic acids is 1. The Hall–Kier alpha value is -2.17. The van der Waals surface area contributed by atoms with Gasteiger partial charge < -0.3 is 5.32 Å². The van der Waals surface area contributed by atoms with Gasteiger partial charge in [0.25, 0.3) is 5.91 Å². The second-order valence-electron chi connectivity index (χ2n) is 5.23. The van der Waals surface area contributed by atoms with E-state index in [1.165, 1.54) is 6.33 Å². The minimum atomic E-state index is -0.0158. The number of aromatic nitrogens is 3. The van der Waals surface area contributed by atoms with E-state index >= 15 is 0 Å². The molecule has 0 unspecified atom stereocenters. The van der Waals surface area contributed by atoms with Crippen LogP contribution in [0.1, 0.15) is 36.2 Å². The Bertz CT molecular complexity index is 532. The molecule has 0 aliphatic rings. The molecule has 1 amide bonds.